The van der Waals surface area contributed by atoms with E-state index in [1.165, 1.54) is 51.9 Å². The zero-order chi connectivity index (χ0) is 11.2. The van der Waals surface area contributed by atoms with Gasteiger partial charge in [0.2, 0.25) is 0 Å². The SMILES string of the molecule is CCN1CCC(CNCC2CCCCO2)C1. The second-order valence-electron chi connectivity index (χ2n) is 5.19. The number of nitrogens with one attached hydrogen (secondary N) is 1. The van der Waals surface area contributed by atoms with E-state index in [1.54, 1.807) is 0 Å². The molecular formula is C13H26N2O. The van der Waals surface area contributed by atoms with Crippen molar-refractivity contribution in [1.82, 2.24) is 10.2 Å². The monoisotopic (exact) mass is 226 g/mol. The Labute approximate surface area is 99.5 Å². The molecule has 3 nitrogen and oxygen atoms in total. The molecule has 0 bridgehead atoms. The Bertz CT molecular complexity index is 192. The minimum absolute atomic E-state index is 0.484. The van der Waals surface area contributed by atoms with Gasteiger partial charge in [-0.25, -0.2) is 0 Å². The molecule has 0 spiro atoms. The summed E-state index contributed by atoms with van der Waals surface area (Å²) in [6.45, 7) is 9.25. The fourth-order valence-corrected chi connectivity index (χ4v) is 2.78. The van der Waals surface area contributed by atoms with Crippen LogP contribution in [0.3, 0.4) is 0 Å². The van der Waals surface area contributed by atoms with E-state index in [0.717, 1.165) is 19.1 Å². The Morgan fingerprint density at radius 2 is 2.19 bits per heavy atom. The quantitative estimate of drug-likeness (QED) is 0.768. The van der Waals surface area contributed by atoms with Gasteiger partial charge < -0.3 is 15.0 Å². The van der Waals surface area contributed by atoms with Crippen molar-refractivity contribution >= 4 is 0 Å². The lowest BCUT2D eigenvalue weighted by atomic mass is 10.1. The number of hydrogen-bond acceptors (Lipinski definition) is 3. The molecule has 3 heteroatoms. The van der Waals surface area contributed by atoms with Crippen LogP contribution in [-0.4, -0.2) is 50.3 Å². The van der Waals surface area contributed by atoms with Crippen molar-refractivity contribution in [1.29, 1.82) is 0 Å². The Hall–Kier alpha value is -0.120. The van der Waals surface area contributed by atoms with E-state index in [2.05, 4.69) is 17.1 Å². The second kappa shape index (κ2) is 6.58. The molecule has 0 saturated carbocycles. The smallest absolute Gasteiger partial charge is 0.0699 e. The van der Waals surface area contributed by atoms with Gasteiger partial charge in [-0.1, -0.05) is 6.92 Å². The van der Waals surface area contributed by atoms with Crippen LogP contribution in [0.5, 0.6) is 0 Å². The summed E-state index contributed by atoms with van der Waals surface area (Å²) in [7, 11) is 0. The lowest BCUT2D eigenvalue weighted by Crippen LogP contribution is -2.35. The van der Waals surface area contributed by atoms with E-state index in [1.807, 2.05) is 0 Å². The first-order valence-corrected chi connectivity index (χ1v) is 6.93. The van der Waals surface area contributed by atoms with Crippen molar-refractivity contribution < 1.29 is 4.74 Å². The van der Waals surface area contributed by atoms with E-state index >= 15 is 0 Å². The molecule has 2 rings (SSSR count). The van der Waals surface area contributed by atoms with Crippen LogP contribution in [0.2, 0.25) is 0 Å². The number of ether oxygens (including phenoxy) is 1. The molecule has 2 aliphatic heterocycles. The molecule has 16 heavy (non-hydrogen) atoms. The molecule has 2 fully saturated rings. The minimum atomic E-state index is 0.484. The maximum absolute atomic E-state index is 5.71. The number of rotatable bonds is 5. The van der Waals surface area contributed by atoms with Crippen molar-refractivity contribution in [2.45, 2.75) is 38.7 Å². The molecular weight excluding hydrogens is 200 g/mol. The standard InChI is InChI=1S/C13H26N2O/c1-2-15-7-6-12(11-15)9-14-10-13-5-3-4-8-16-13/h12-14H,2-11H2,1H3. The van der Waals surface area contributed by atoms with Crippen molar-refractivity contribution in [2.24, 2.45) is 5.92 Å². The fraction of sp³-hybridized carbons (Fsp3) is 1.00. The third-order valence-electron chi connectivity index (χ3n) is 3.90. The van der Waals surface area contributed by atoms with Gasteiger partial charge in [-0.2, -0.15) is 0 Å². The van der Waals surface area contributed by atoms with Crippen LogP contribution >= 0.6 is 0 Å². The summed E-state index contributed by atoms with van der Waals surface area (Å²) in [6.07, 6.45) is 5.70. The Morgan fingerprint density at radius 1 is 1.25 bits per heavy atom. The summed E-state index contributed by atoms with van der Waals surface area (Å²) in [6, 6.07) is 0. The van der Waals surface area contributed by atoms with Crippen LogP contribution < -0.4 is 5.32 Å². The topological polar surface area (TPSA) is 24.5 Å². The van der Waals surface area contributed by atoms with Gasteiger partial charge in [0.15, 0.2) is 0 Å². The highest BCUT2D eigenvalue weighted by Gasteiger charge is 2.21. The summed E-state index contributed by atoms with van der Waals surface area (Å²) in [5.41, 5.74) is 0. The molecule has 0 aromatic rings. The first-order valence-electron chi connectivity index (χ1n) is 6.93. The normalized spacial score (nSPS) is 32.1. The molecule has 2 unspecified atom stereocenters. The van der Waals surface area contributed by atoms with Crippen molar-refractivity contribution in [2.75, 3.05) is 39.3 Å². The van der Waals surface area contributed by atoms with Crippen molar-refractivity contribution in [3.8, 4) is 0 Å². The Morgan fingerprint density at radius 3 is 2.88 bits per heavy atom. The van der Waals surface area contributed by atoms with Crippen LogP contribution in [0.15, 0.2) is 0 Å². The van der Waals surface area contributed by atoms with Crippen LogP contribution in [-0.2, 0) is 4.74 Å². The second-order valence-corrected chi connectivity index (χ2v) is 5.19. The molecule has 1 N–H and O–H groups in total. The minimum Gasteiger partial charge on any atom is -0.377 e. The predicted octanol–water partition coefficient (Wildman–Crippen LogP) is 1.49. The first-order chi connectivity index (χ1) is 7.88. The third-order valence-corrected chi connectivity index (χ3v) is 3.90. The summed E-state index contributed by atoms with van der Waals surface area (Å²) < 4.78 is 5.71. The summed E-state index contributed by atoms with van der Waals surface area (Å²) in [4.78, 5) is 2.55. The fourth-order valence-electron chi connectivity index (χ4n) is 2.78. The van der Waals surface area contributed by atoms with E-state index in [9.17, 15) is 0 Å². The molecule has 94 valence electrons. The highest BCUT2D eigenvalue weighted by molar-refractivity contribution is 4.77. The molecule has 0 aromatic carbocycles. The molecule has 0 aromatic heterocycles. The van der Waals surface area contributed by atoms with E-state index in [-0.39, 0.29) is 0 Å². The Balaban J connectivity index is 1.54. The van der Waals surface area contributed by atoms with Gasteiger partial charge >= 0.3 is 0 Å². The highest BCUT2D eigenvalue weighted by Crippen LogP contribution is 2.15. The van der Waals surface area contributed by atoms with Crippen LogP contribution in [0, 0.1) is 5.92 Å². The largest absolute Gasteiger partial charge is 0.377 e. The maximum atomic E-state index is 5.71. The van der Waals surface area contributed by atoms with Gasteiger partial charge in [-0.05, 0) is 51.2 Å². The first kappa shape index (κ1) is 12.3. The lowest BCUT2D eigenvalue weighted by Gasteiger charge is -2.23. The lowest BCUT2D eigenvalue weighted by molar-refractivity contribution is 0.0166. The highest BCUT2D eigenvalue weighted by atomic mass is 16.5. The molecule has 2 heterocycles. The maximum Gasteiger partial charge on any atom is 0.0699 e. The molecule has 0 amide bonds. The molecule has 2 atom stereocenters. The average molecular weight is 226 g/mol. The summed E-state index contributed by atoms with van der Waals surface area (Å²) in [5.74, 6) is 0.864. The van der Waals surface area contributed by atoms with Gasteiger partial charge in [0.05, 0.1) is 6.10 Å². The summed E-state index contributed by atoms with van der Waals surface area (Å²) in [5, 5.41) is 3.59. The zero-order valence-electron chi connectivity index (χ0n) is 10.6. The van der Waals surface area contributed by atoms with Gasteiger partial charge in [0.25, 0.3) is 0 Å². The number of hydrogen-bond donors (Lipinski definition) is 1. The molecule has 2 aliphatic rings. The van der Waals surface area contributed by atoms with Crippen LogP contribution in [0.25, 0.3) is 0 Å². The summed E-state index contributed by atoms with van der Waals surface area (Å²) >= 11 is 0. The van der Waals surface area contributed by atoms with Crippen LogP contribution in [0.1, 0.15) is 32.6 Å². The Kier molecular flexibility index (Phi) is 5.07. The van der Waals surface area contributed by atoms with Crippen molar-refractivity contribution in [3.05, 3.63) is 0 Å². The van der Waals surface area contributed by atoms with Gasteiger partial charge in [0, 0.05) is 19.7 Å². The molecule has 0 radical (unpaired) electrons. The van der Waals surface area contributed by atoms with E-state index in [0.29, 0.717) is 6.10 Å². The zero-order valence-corrected chi connectivity index (χ0v) is 10.6. The van der Waals surface area contributed by atoms with Gasteiger partial charge in [-0.3, -0.25) is 0 Å². The van der Waals surface area contributed by atoms with Gasteiger partial charge in [0.1, 0.15) is 0 Å². The number of likely N-dealkylation sites (tertiary alicyclic amines) is 1. The van der Waals surface area contributed by atoms with Crippen molar-refractivity contribution in [3.63, 3.8) is 0 Å². The average Bonchev–Trinajstić information content (AvgIpc) is 2.78. The van der Waals surface area contributed by atoms with Crippen LogP contribution in [0.4, 0.5) is 0 Å². The predicted molar refractivity (Wildman–Crippen MR) is 66.7 cm³/mol. The van der Waals surface area contributed by atoms with Gasteiger partial charge in [-0.15, -0.1) is 0 Å². The number of nitrogens with zero attached hydrogens (tertiary/aromatic N) is 1. The molecule has 0 aliphatic carbocycles. The van der Waals surface area contributed by atoms with E-state index in [4.69, 9.17) is 4.74 Å². The van der Waals surface area contributed by atoms with E-state index < -0.39 is 0 Å². The third kappa shape index (κ3) is 3.72. The molecule has 2 saturated heterocycles.